The van der Waals surface area contributed by atoms with Crippen LogP contribution in [0.4, 0.5) is 0 Å². The summed E-state index contributed by atoms with van der Waals surface area (Å²) in [5, 5.41) is 11.7. The van der Waals surface area contributed by atoms with Gasteiger partial charge in [0.15, 0.2) is 0 Å². The molecular formula is C25H40O5. The van der Waals surface area contributed by atoms with Gasteiger partial charge >= 0.3 is 11.9 Å². The van der Waals surface area contributed by atoms with Crippen molar-refractivity contribution in [2.75, 3.05) is 0 Å². The molecule has 4 saturated carbocycles. The smallest absolute Gasteiger partial charge is 0.302 e. The topological polar surface area (TPSA) is 72.8 Å². The molecule has 0 amide bonds. The lowest BCUT2D eigenvalue weighted by Gasteiger charge is -2.62. The molecule has 30 heavy (non-hydrogen) atoms. The fourth-order valence-corrected chi connectivity index (χ4v) is 8.63. The average molecular weight is 421 g/mol. The molecule has 4 aliphatic carbocycles. The summed E-state index contributed by atoms with van der Waals surface area (Å²) in [5.41, 5.74) is -0.816. The molecule has 0 spiro atoms. The first-order valence-electron chi connectivity index (χ1n) is 12.1. The molecule has 5 heteroatoms. The minimum absolute atomic E-state index is 0.0899. The molecule has 4 rings (SSSR count). The molecule has 0 aliphatic heterocycles. The van der Waals surface area contributed by atoms with Crippen LogP contribution in [-0.2, 0) is 19.1 Å². The molecule has 0 aromatic heterocycles. The predicted molar refractivity (Wildman–Crippen MR) is 113 cm³/mol. The number of fused-ring (bicyclic) bond motifs is 5. The van der Waals surface area contributed by atoms with Gasteiger partial charge in [0.1, 0.15) is 17.8 Å². The van der Waals surface area contributed by atoms with Crippen LogP contribution in [0, 0.1) is 34.5 Å². The standard InChI is InChI=1S/C25H40O5/c1-15(29-16(2)26)25(28)13-10-22-20-7-6-18-14-19(30-17(3)27)8-11-23(18,4)21(20)9-12-24(22,25)5/h15,18-22,28H,6-14H2,1-5H3/t15-,18-,19-,20+,21-,22-,23-,24-,25+/m0/s1. The number of hydrogen-bond acceptors (Lipinski definition) is 5. The fourth-order valence-electron chi connectivity index (χ4n) is 8.63. The summed E-state index contributed by atoms with van der Waals surface area (Å²) in [4.78, 5) is 23.0. The largest absolute Gasteiger partial charge is 0.463 e. The number of carbonyl (C=O) groups is 2. The highest BCUT2D eigenvalue weighted by Crippen LogP contribution is 2.68. The molecule has 0 unspecified atom stereocenters. The maximum absolute atomic E-state index is 11.7. The lowest BCUT2D eigenvalue weighted by molar-refractivity contribution is -0.201. The second-order valence-corrected chi connectivity index (χ2v) is 11.3. The number of esters is 2. The summed E-state index contributed by atoms with van der Waals surface area (Å²) in [5.74, 6) is 1.96. The van der Waals surface area contributed by atoms with Crippen molar-refractivity contribution in [3.05, 3.63) is 0 Å². The van der Waals surface area contributed by atoms with Gasteiger partial charge in [0, 0.05) is 19.3 Å². The predicted octanol–water partition coefficient (Wildman–Crippen LogP) is 4.64. The van der Waals surface area contributed by atoms with Crippen LogP contribution in [0.3, 0.4) is 0 Å². The fraction of sp³-hybridized carbons (Fsp3) is 0.920. The zero-order valence-corrected chi connectivity index (χ0v) is 19.4. The summed E-state index contributed by atoms with van der Waals surface area (Å²) >= 11 is 0. The minimum Gasteiger partial charge on any atom is -0.463 e. The summed E-state index contributed by atoms with van der Waals surface area (Å²) in [6, 6.07) is 0. The maximum atomic E-state index is 11.7. The van der Waals surface area contributed by atoms with Crippen LogP contribution in [0.2, 0.25) is 0 Å². The first-order chi connectivity index (χ1) is 14.0. The highest BCUT2D eigenvalue weighted by Gasteiger charge is 2.66. The van der Waals surface area contributed by atoms with Crippen LogP contribution < -0.4 is 0 Å². The Morgan fingerprint density at radius 1 is 0.933 bits per heavy atom. The van der Waals surface area contributed by atoms with Crippen LogP contribution in [0.1, 0.15) is 92.4 Å². The number of hydrogen-bond donors (Lipinski definition) is 1. The Kier molecular flexibility index (Phi) is 5.52. The molecule has 5 nitrogen and oxygen atoms in total. The van der Waals surface area contributed by atoms with Gasteiger partial charge in [-0.2, -0.15) is 0 Å². The Labute approximate surface area is 181 Å². The molecule has 0 aromatic rings. The van der Waals surface area contributed by atoms with Crippen molar-refractivity contribution >= 4 is 11.9 Å². The third-order valence-corrected chi connectivity index (χ3v) is 10.2. The lowest BCUT2D eigenvalue weighted by Crippen LogP contribution is -2.60. The van der Waals surface area contributed by atoms with Crippen LogP contribution in [0.5, 0.6) is 0 Å². The van der Waals surface area contributed by atoms with Crippen LogP contribution in [-0.4, -0.2) is 34.9 Å². The van der Waals surface area contributed by atoms with E-state index in [2.05, 4.69) is 13.8 Å². The minimum atomic E-state index is -0.932. The second-order valence-electron chi connectivity index (χ2n) is 11.3. The molecule has 4 aliphatic rings. The summed E-state index contributed by atoms with van der Waals surface area (Å²) < 4.78 is 11.1. The van der Waals surface area contributed by atoms with E-state index in [0.717, 1.165) is 44.9 Å². The highest BCUT2D eigenvalue weighted by molar-refractivity contribution is 5.66. The summed E-state index contributed by atoms with van der Waals surface area (Å²) in [6.45, 7) is 9.57. The molecule has 0 aromatic carbocycles. The molecule has 0 saturated heterocycles. The van der Waals surface area contributed by atoms with Crippen molar-refractivity contribution in [2.24, 2.45) is 34.5 Å². The zero-order chi connectivity index (χ0) is 21.9. The summed E-state index contributed by atoms with van der Waals surface area (Å²) in [6.07, 6.45) is 9.02. The Balaban J connectivity index is 1.54. The molecular weight excluding hydrogens is 380 g/mol. The van der Waals surface area contributed by atoms with Crippen molar-refractivity contribution in [1.82, 2.24) is 0 Å². The molecule has 4 fully saturated rings. The number of rotatable bonds is 3. The highest BCUT2D eigenvalue weighted by atomic mass is 16.6. The van der Waals surface area contributed by atoms with E-state index >= 15 is 0 Å². The number of aliphatic hydroxyl groups is 1. The SMILES string of the molecule is CC(=O)O[C@H]1CC[C@@]2(C)[C@@H](CC[C@@H]3[C@@H]2CC[C@@]2(C)[C@H]3CC[C@@]2(O)[C@H](C)OC(C)=O)C1. The van der Waals surface area contributed by atoms with Crippen LogP contribution in [0.15, 0.2) is 0 Å². The second kappa shape index (κ2) is 7.50. The van der Waals surface area contributed by atoms with Gasteiger partial charge < -0.3 is 14.6 Å². The van der Waals surface area contributed by atoms with Crippen LogP contribution in [0.25, 0.3) is 0 Å². The van der Waals surface area contributed by atoms with E-state index in [1.807, 2.05) is 6.92 Å². The first kappa shape index (κ1) is 22.1. The van der Waals surface area contributed by atoms with E-state index in [0.29, 0.717) is 29.1 Å². The Bertz CT molecular complexity index is 706. The molecule has 0 radical (unpaired) electrons. The maximum Gasteiger partial charge on any atom is 0.302 e. The third-order valence-electron chi connectivity index (χ3n) is 10.2. The monoisotopic (exact) mass is 420 g/mol. The van der Waals surface area contributed by atoms with Crippen molar-refractivity contribution < 1.29 is 24.2 Å². The van der Waals surface area contributed by atoms with E-state index in [9.17, 15) is 14.7 Å². The van der Waals surface area contributed by atoms with Gasteiger partial charge in [0.2, 0.25) is 0 Å². The van der Waals surface area contributed by atoms with E-state index in [1.54, 1.807) is 0 Å². The van der Waals surface area contributed by atoms with Crippen LogP contribution >= 0.6 is 0 Å². The normalized spacial score (nSPS) is 48.7. The summed E-state index contributed by atoms with van der Waals surface area (Å²) in [7, 11) is 0. The van der Waals surface area contributed by atoms with E-state index in [-0.39, 0.29) is 23.5 Å². The van der Waals surface area contributed by atoms with Gasteiger partial charge in [0.05, 0.1) is 0 Å². The average Bonchev–Trinajstić information content (AvgIpc) is 2.93. The van der Waals surface area contributed by atoms with Gasteiger partial charge in [-0.15, -0.1) is 0 Å². The quantitative estimate of drug-likeness (QED) is 0.673. The Morgan fingerprint density at radius 3 is 2.30 bits per heavy atom. The van der Waals surface area contributed by atoms with Crippen molar-refractivity contribution in [3.63, 3.8) is 0 Å². The van der Waals surface area contributed by atoms with E-state index < -0.39 is 11.7 Å². The van der Waals surface area contributed by atoms with Crippen molar-refractivity contribution in [3.8, 4) is 0 Å². The molecule has 9 atom stereocenters. The van der Waals surface area contributed by atoms with Gasteiger partial charge in [-0.3, -0.25) is 9.59 Å². The Morgan fingerprint density at radius 2 is 1.63 bits per heavy atom. The van der Waals surface area contributed by atoms with E-state index in [1.165, 1.54) is 26.7 Å². The third kappa shape index (κ3) is 3.22. The lowest BCUT2D eigenvalue weighted by atomic mass is 9.44. The van der Waals surface area contributed by atoms with Crippen molar-refractivity contribution in [2.45, 2.75) is 110 Å². The number of ether oxygens (including phenoxy) is 2. The van der Waals surface area contributed by atoms with Gasteiger partial charge in [-0.05, 0) is 93.8 Å². The van der Waals surface area contributed by atoms with Gasteiger partial charge in [-0.25, -0.2) is 0 Å². The number of carbonyl (C=O) groups excluding carboxylic acids is 2. The van der Waals surface area contributed by atoms with Gasteiger partial charge in [-0.1, -0.05) is 13.8 Å². The molecule has 0 bridgehead atoms. The molecule has 170 valence electrons. The van der Waals surface area contributed by atoms with Crippen molar-refractivity contribution in [1.29, 1.82) is 0 Å². The van der Waals surface area contributed by atoms with E-state index in [4.69, 9.17) is 9.47 Å². The Hall–Kier alpha value is -1.10. The molecule has 1 N–H and O–H groups in total. The molecule has 0 heterocycles. The van der Waals surface area contributed by atoms with Gasteiger partial charge in [0.25, 0.3) is 0 Å². The first-order valence-corrected chi connectivity index (χ1v) is 12.1. The zero-order valence-electron chi connectivity index (χ0n) is 19.4.